The van der Waals surface area contributed by atoms with Gasteiger partial charge in [-0.2, -0.15) is 0 Å². The molecule has 5 fully saturated rings. The fraction of sp³-hybridized carbons (Fsp3) is 0.731. The van der Waals surface area contributed by atoms with Gasteiger partial charge in [-0.3, -0.25) is 4.79 Å². The molecular weight excluding hydrogens is 380 g/mol. The molecule has 2 nitrogen and oxygen atoms in total. The maximum Gasteiger partial charge on any atom is 0.263 e. The van der Waals surface area contributed by atoms with Crippen LogP contribution >= 0.6 is 0 Å². The molecule has 30 heavy (non-hydrogen) atoms. The summed E-state index contributed by atoms with van der Waals surface area (Å²) in [6.45, 7) is 2.56. The van der Waals surface area contributed by atoms with E-state index in [1.807, 2.05) is 0 Å². The maximum atomic E-state index is 14.5. The Kier molecular flexibility index (Phi) is 4.89. The van der Waals surface area contributed by atoms with E-state index in [-0.39, 0.29) is 35.0 Å². The minimum absolute atomic E-state index is 0.0577. The van der Waals surface area contributed by atoms with E-state index in [0.29, 0.717) is 18.9 Å². The van der Waals surface area contributed by atoms with Crippen LogP contribution in [0.3, 0.4) is 0 Å². The number of hydrogen-bond acceptors (Lipinski definition) is 2. The lowest BCUT2D eigenvalue weighted by Crippen LogP contribution is -2.61. The average molecular weight is 416 g/mol. The summed E-state index contributed by atoms with van der Waals surface area (Å²) in [5.74, 6) is -2.85. The highest BCUT2D eigenvalue weighted by atomic mass is 19.3. The summed E-state index contributed by atoms with van der Waals surface area (Å²) in [4.78, 5) is 13.8. The van der Waals surface area contributed by atoms with Crippen molar-refractivity contribution >= 4 is 5.78 Å². The summed E-state index contributed by atoms with van der Waals surface area (Å²) in [7, 11) is 0. The van der Waals surface area contributed by atoms with Crippen LogP contribution in [-0.2, 0) is 10.2 Å². The van der Waals surface area contributed by atoms with E-state index in [4.69, 9.17) is 0 Å². The number of carbonyl (C=O) groups is 1. The second-order valence-electron chi connectivity index (χ2n) is 11.2. The van der Waals surface area contributed by atoms with Gasteiger partial charge in [-0.25, -0.2) is 8.78 Å². The van der Waals surface area contributed by atoms with Crippen molar-refractivity contribution in [3.05, 3.63) is 35.9 Å². The number of rotatable bonds is 6. The Balaban J connectivity index is 1.49. The molecule has 1 aromatic rings. The fourth-order valence-corrected chi connectivity index (χ4v) is 8.45. The highest BCUT2D eigenvalue weighted by Crippen LogP contribution is 2.71. The van der Waals surface area contributed by atoms with Crippen molar-refractivity contribution in [1.29, 1.82) is 0 Å². The van der Waals surface area contributed by atoms with E-state index >= 15 is 0 Å². The molecule has 0 spiro atoms. The Morgan fingerprint density at radius 3 is 2.63 bits per heavy atom. The van der Waals surface area contributed by atoms with Crippen molar-refractivity contribution < 1.29 is 13.6 Å². The molecule has 4 bridgehead atoms. The van der Waals surface area contributed by atoms with Gasteiger partial charge < -0.3 is 5.32 Å². The molecule has 1 aliphatic heterocycles. The topological polar surface area (TPSA) is 29.1 Å². The molecule has 5 atom stereocenters. The first-order valence-electron chi connectivity index (χ1n) is 12.0. The van der Waals surface area contributed by atoms with E-state index in [1.165, 1.54) is 24.8 Å². The van der Waals surface area contributed by atoms with Crippen LogP contribution < -0.4 is 5.32 Å². The highest BCUT2D eigenvalue weighted by molar-refractivity contribution is 5.86. The fourth-order valence-electron chi connectivity index (χ4n) is 8.45. The lowest BCUT2D eigenvalue weighted by atomic mass is 9.37. The number of piperidine rings is 1. The number of carbonyl (C=O) groups excluding carboxylic acids is 1. The molecule has 5 aliphatic rings. The Hall–Kier alpha value is -1.29. The standard InChI is InChI=1S/C26H35F2NO/c1-2-9-23-12-19-13-24(15-23,20-6-4-3-5-7-20)17-25(14-19,16-23)22(30)11-21-8-10-29-18-26(21,27)28/h3-7,19,21,29H,2,8-18H2,1H3/t19?,21?,23-,24-,25?/m1/s1. The lowest BCUT2D eigenvalue weighted by molar-refractivity contribution is -0.166. The first-order chi connectivity index (χ1) is 14.3. The van der Waals surface area contributed by atoms with Gasteiger partial charge in [0.1, 0.15) is 5.78 Å². The zero-order chi connectivity index (χ0) is 21.0. The van der Waals surface area contributed by atoms with Crippen LogP contribution in [0.1, 0.15) is 76.7 Å². The molecule has 164 valence electrons. The zero-order valence-corrected chi connectivity index (χ0v) is 18.2. The first kappa shape index (κ1) is 20.6. The lowest BCUT2D eigenvalue weighted by Gasteiger charge is -2.67. The molecule has 0 radical (unpaired) electrons. The van der Waals surface area contributed by atoms with Gasteiger partial charge in [-0.15, -0.1) is 0 Å². The maximum absolute atomic E-state index is 14.5. The molecule has 3 unspecified atom stereocenters. The van der Waals surface area contributed by atoms with Gasteiger partial charge in [0.05, 0.1) is 6.54 Å². The van der Waals surface area contributed by atoms with Crippen molar-refractivity contribution in [3.63, 3.8) is 0 Å². The third-order valence-electron chi connectivity index (χ3n) is 9.00. The number of Topliss-reactive ketones (excluding diaryl/α,β-unsaturated/α-hetero) is 1. The van der Waals surface area contributed by atoms with Gasteiger partial charge in [-0.05, 0) is 80.2 Å². The van der Waals surface area contributed by atoms with Crippen molar-refractivity contribution in [2.24, 2.45) is 22.7 Å². The minimum Gasteiger partial charge on any atom is -0.311 e. The van der Waals surface area contributed by atoms with E-state index in [0.717, 1.165) is 32.1 Å². The van der Waals surface area contributed by atoms with Crippen LogP contribution in [0.5, 0.6) is 0 Å². The summed E-state index contributed by atoms with van der Waals surface area (Å²) in [6.07, 6.45) is 9.08. The van der Waals surface area contributed by atoms with E-state index < -0.39 is 11.8 Å². The van der Waals surface area contributed by atoms with Crippen LogP contribution in [0, 0.1) is 22.7 Å². The summed E-state index contributed by atoms with van der Waals surface area (Å²) < 4.78 is 29.0. The predicted octanol–water partition coefficient (Wildman–Crippen LogP) is 5.90. The van der Waals surface area contributed by atoms with Gasteiger partial charge in [0, 0.05) is 17.8 Å². The third kappa shape index (κ3) is 3.25. The normalized spacial score (nSPS) is 41.7. The zero-order valence-electron chi connectivity index (χ0n) is 18.2. The molecule has 1 N–H and O–H groups in total. The molecule has 4 aliphatic carbocycles. The van der Waals surface area contributed by atoms with Crippen molar-refractivity contribution in [2.45, 2.75) is 82.5 Å². The quantitative estimate of drug-likeness (QED) is 0.627. The number of halogens is 2. The number of nitrogens with one attached hydrogen (secondary N) is 1. The minimum atomic E-state index is -2.77. The number of alkyl halides is 2. The van der Waals surface area contributed by atoms with Crippen molar-refractivity contribution in [1.82, 2.24) is 5.32 Å². The van der Waals surface area contributed by atoms with Crippen LogP contribution in [0.15, 0.2) is 30.3 Å². The molecule has 0 amide bonds. The van der Waals surface area contributed by atoms with Crippen LogP contribution in [0.4, 0.5) is 8.78 Å². The van der Waals surface area contributed by atoms with E-state index in [2.05, 4.69) is 42.6 Å². The van der Waals surface area contributed by atoms with E-state index in [9.17, 15) is 13.6 Å². The SMILES string of the molecule is CCC[C@]12CC3CC(C(=O)CC4CCNCC4(F)F)(C1)C[C@@](c1ccccc1)(C3)C2. The smallest absolute Gasteiger partial charge is 0.263 e. The van der Waals surface area contributed by atoms with Gasteiger partial charge in [0.2, 0.25) is 0 Å². The largest absolute Gasteiger partial charge is 0.311 e. The number of ketones is 1. The second-order valence-corrected chi connectivity index (χ2v) is 11.2. The third-order valence-corrected chi connectivity index (χ3v) is 9.00. The number of hydrogen-bond donors (Lipinski definition) is 1. The summed E-state index contributed by atoms with van der Waals surface area (Å²) in [5.41, 5.74) is 1.27. The highest BCUT2D eigenvalue weighted by Gasteiger charge is 2.65. The molecule has 1 saturated heterocycles. The molecule has 0 aromatic heterocycles. The molecule has 1 heterocycles. The Morgan fingerprint density at radius 2 is 1.90 bits per heavy atom. The first-order valence-corrected chi connectivity index (χ1v) is 12.0. The number of benzene rings is 1. The molecule has 1 aromatic carbocycles. The van der Waals surface area contributed by atoms with Crippen LogP contribution in [-0.4, -0.2) is 24.8 Å². The monoisotopic (exact) mass is 415 g/mol. The Bertz CT molecular complexity index is 811. The molecule has 4 saturated carbocycles. The van der Waals surface area contributed by atoms with Gasteiger partial charge in [-0.1, -0.05) is 43.7 Å². The van der Waals surface area contributed by atoms with Crippen molar-refractivity contribution in [3.8, 4) is 0 Å². The van der Waals surface area contributed by atoms with Gasteiger partial charge in [0.15, 0.2) is 0 Å². The van der Waals surface area contributed by atoms with Crippen LogP contribution in [0.25, 0.3) is 0 Å². The summed E-state index contributed by atoms with van der Waals surface area (Å²) >= 11 is 0. The Labute approximate surface area is 179 Å². The molecular formula is C26H35F2NO. The predicted molar refractivity (Wildman–Crippen MR) is 115 cm³/mol. The average Bonchev–Trinajstić information content (AvgIpc) is 2.69. The molecule has 4 heteroatoms. The molecule has 6 rings (SSSR count). The second kappa shape index (κ2) is 7.12. The Morgan fingerprint density at radius 1 is 1.10 bits per heavy atom. The van der Waals surface area contributed by atoms with Crippen molar-refractivity contribution in [2.75, 3.05) is 13.1 Å². The van der Waals surface area contributed by atoms with Gasteiger partial charge >= 0.3 is 0 Å². The summed E-state index contributed by atoms with van der Waals surface area (Å²) in [6, 6.07) is 10.8. The summed E-state index contributed by atoms with van der Waals surface area (Å²) in [5, 5.41) is 2.80. The van der Waals surface area contributed by atoms with E-state index in [1.54, 1.807) is 0 Å². The van der Waals surface area contributed by atoms with Crippen LogP contribution in [0.2, 0.25) is 0 Å². The van der Waals surface area contributed by atoms with Gasteiger partial charge in [0.25, 0.3) is 5.92 Å².